The molecule has 21 heavy (non-hydrogen) atoms. The molecule has 0 aliphatic heterocycles. The Morgan fingerprint density at radius 3 is 2.62 bits per heavy atom. The highest BCUT2D eigenvalue weighted by Gasteiger charge is 2.10. The summed E-state index contributed by atoms with van der Waals surface area (Å²) in [5, 5.41) is 14.5. The fourth-order valence-corrected chi connectivity index (χ4v) is 1.64. The van der Waals surface area contributed by atoms with Crippen molar-refractivity contribution < 1.29 is 9.72 Å². The summed E-state index contributed by atoms with van der Waals surface area (Å²) in [7, 11) is 0. The van der Waals surface area contributed by atoms with Crippen LogP contribution < -0.4 is 5.43 Å². The van der Waals surface area contributed by atoms with E-state index in [2.05, 4.69) is 10.5 Å². The highest BCUT2D eigenvalue weighted by Crippen LogP contribution is 2.12. The molecular formula is C15H13N3O3. The number of non-ortho nitro benzene ring substituents is 1. The zero-order valence-corrected chi connectivity index (χ0v) is 11.3. The second-order valence-corrected chi connectivity index (χ2v) is 4.42. The number of nitro benzene ring substituents is 1. The van der Waals surface area contributed by atoms with E-state index < -0.39 is 10.8 Å². The molecule has 0 aliphatic carbocycles. The number of aryl methyl sites for hydroxylation is 1. The first-order valence-corrected chi connectivity index (χ1v) is 6.21. The standard InChI is InChI=1S/C15H13N3O3/c1-11-5-7-12(8-6-11)10-16-17-15(19)13-3-2-4-14(9-13)18(20)21/h2-10H,1H3,(H,17,19)/b16-10-. The van der Waals surface area contributed by atoms with Gasteiger partial charge in [0.15, 0.2) is 0 Å². The van der Waals surface area contributed by atoms with Crippen molar-refractivity contribution >= 4 is 17.8 Å². The number of nitrogens with one attached hydrogen (secondary N) is 1. The van der Waals surface area contributed by atoms with Crippen LogP contribution >= 0.6 is 0 Å². The van der Waals surface area contributed by atoms with Crippen LogP contribution in [0.25, 0.3) is 0 Å². The van der Waals surface area contributed by atoms with Crippen LogP contribution in [0.1, 0.15) is 21.5 Å². The van der Waals surface area contributed by atoms with Crippen molar-refractivity contribution in [2.24, 2.45) is 5.10 Å². The van der Waals surface area contributed by atoms with Gasteiger partial charge in [-0.05, 0) is 18.6 Å². The van der Waals surface area contributed by atoms with E-state index >= 15 is 0 Å². The lowest BCUT2D eigenvalue weighted by atomic mass is 10.2. The molecule has 0 aliphatic rings. The van der Waals surface area contributed by atoms with Gasteiger partial charge in [-0.3, -0.25) is 14.9 Å². The highest BCUT2D eigenvalue weighted by molar-refractivity contribution is 5.95. The maximum Gasteiger partial charge on any atom is 0.271 e. The van der Waals surface area contributed by atoms with E-state index in [0.717, 1.165) is 11.1 Å². The summed E-state index contributed by atoms with van der Waals surface area (Å²) in [5.41, 5.74) is 4.37. The van der Waals surface area contributed by atoms with Gasteiger partial charge in [-0.2, -0.15) is 5.10 Å². The van der Waals surface area contributed by atoms with E-state index in [-0.39, 0.29) is 11.3 Å². The van der Waals surface area contributed by atoms with Gasteiger partial charge >= 0.3 is 0 Å². The average molecular weight is 283 g/mol. The molecule has 0 fully saturated rings. The normalized spacial score (nSPS) is 10.5. The Labute approximate surface area is 121 Å². The van der Waals surface area contributed by atoms with Gasteiger partial charge in [-0.25, -0.2) is 5.43 Å². The van der Waals surface area contributed by atoms with Crippen molar-refractivity contribution in [1.29, 1.82) is 0 Å². The summed E-state index contributed by atoms with van der Waals surface area (Å²) >= 11 is 0. The number of carbonyl (C=O) groups is 1. The molecule has 2 aromatic rings. The van der Waals surface area contributed by atoms with E-state index in [4.69, 9.17) is 0 Å². The minimum atomic E-state index is -0.549. The first-order valence-electron chi connectivity index (χ1n) is 6.21. The third-order valence-electron chi connectivity index (χ3n) is 2.78. The molecule has 0 bridgehead atoms. The number of hydrogen-bond acceptors (Lipinski definition) is 4. The zero-order valence-electron chi connectivity index (χ0n) is 11.3. The number of carbonyl (C=O) groups excluding carboxylic acids is 1. The van der Waals surface area contributed by atoms with E-state index in [0.29, 0.717) is 0 Å². The smallest absolute Gasteiger partial charge is 0.267 e. The summed E-state index contributed by atoms with van der Waals surface area (Å²) in [5.74, 6) is -0.498. The summed E-state index contributed by atoms with van der Waals surface area (Å²) in [6, 6.07) is 13.1. The number of amides is 1. The highest BCUT2D eigenvalue weighted by atomic mass is 16.6. The number of nitro groups is 1. The van der Waals surface area contributed by atoms with Crippen LogP contribution in [0.3, 0.4) is 0 Å². The predicted octanol–water partition coefficient (Wildman–Crippen LogP) is 2.67. The van der Waals surface area contributed by atoms with Crippen molar-refractivity contribution in [3.8, 4) is 0 Å². The SMILES string of the molecule is Cc1ccc(/C=N\NC(=O)c2cccc([N+](=O)[O-])c2)cc1. The van der Waals surface area contributed by atoms with Gasteiger partial charge in [0.05, 0.1) is 11.1 Å². The van der Waals surface area contributed by atoms with Gasteiger partial charge in [0.1, 0.15) is 0 Å². The molecule has 0 radical (unpaired) electrons. The van der Waals surface area contributed by atoms with Gasteiger partial charge < -0.3 is 0 Å². The van der Waals surface area contributed by atoms with Crippen LogP contribution in [0.2, 0.25) is 0 Å². The Morgan fingerprint density at radius 2 is 1.95 bits per heavy atom. The number of nitrogens with zero attached hydrogens (tertiary/aromatic N) is 2. The van der Waals surface area contributed by atoms with Gasteiger partial charge in [0, 0.05) is 17.7 Å². The lowest BCUT2D eigenvalue weighted by Gasteiger charge is -2.00. The van der Waals surface area contributed by atoms with Crippen molar-refractivity contribution in [2.45, 2.75) is 6.92 Å². The minimum Gasteiger partial charge on any atom is -0.267 e. The molecule has 6 nitrogen and oxygen atoms in total. The minimum absolute atomic E-state index is 0.134. The van der Waals surface area contributed by atoms with E-state index in [1.165, 1.54) is 30.5 Å². The molecule has 0 saturated carbocycles. The van der Waals surface area contributed by atoms with Crippen LogP contribution in [-0.4, -0.2) is 17.0 Å². The second-order valence-electron chi connectivity index (χ2n) is 4.42. The van der Waals surface area contributed by atoms with Crippen molar-refractivity contribution in [3.63, 3.8) is 0 Å². The van der Waals surface area contributed by atoms with Gasteiger partial charge in [-0.15, -0.1) is 0 Å². The lowest BCUT2D eigenvalue weighted by molar-refractivity contribution is -0.384. The summed E-state index contributed by atoms with van der Waals surface area (Å²) < 4.78 is 0. The molecule has 1 amide bonds. The molecule has 0 heterocycles. The average Bonchev–Trinajstić information content (AvgIpc) is 2.49. The summed E-state index contributed by atoms with van der Waals surface area (Å²) in [6.45, 7) is 1.98. The van der Waals surface area contributed by atoms with Crippen LogP contribution in [0.4, 0.5) is 5.69 Å². The summed E-state index contributed by atoms with van der Waals surface area (Å²) in [4.78, 5) is 21.9. The van der Waals surface area contributed by atoms with Crippen molar-refractivity contribution in [3.05, 3.63) is 75.3 Å². The number of hydrazone groups is 1. The molecule has 0 saturated heterocycles. The molecule has 1 N–H and O–H groups in total. The Morgan fingerprint density at radius 1 is 1.24 bits per heavy atom. The zero-order chi connectivity index (χ0) is 15.2. The van der Waals surface area contributed by atoms with Crippen molar-refractivity contribution in [1.82, 2.24) is 5.43 Å². The molecule has 2 rings (SSSR count). The topological polar surface area (TPSA) is 84.6 Å². The molecule has 0 aromatic heterocycles. The first kappa shape index (κ1) is 14.4. The van der Waals surface area contributed by atoms with Gasteiger partial charge in [-0.1, -0.05) is 35.9 Å². The van der Waals surface area contributed by atoms with E-state index in [1.807, 2.05) is 31.2 Å². The molecule has 0 unspecified atom stereocenters. The molecule has 6 heteroatoms. The van der Waals surface area contributed by atoms with Gasteiger partial charge in [0.2, 0.25) is 0 Å². The third-order valence-corrected chi connectivity index (χ3v) is 2.78. The van der Waals surface area contributed by atoms with Crippen LogP contribution in [-0.2, 0) is 0 Å². The van der Waals surface area contributed by atoms with Crippen LogP contribution in [0.15, 0.2) is 53.6 Å². The number of benzene rings is 2. The Kier molecular flexibility index (Phi) is 4.40. The number of hydrogen-bond donors (Lipinski definition) is 1. The van der Waals surface area contributed by atoms with E-state index in [9.17, 15) is 14.9 Å². The second kappa shape index (κ2) is 6.42. The Hall–Kier alpha value is -3.02. The third kappa shape index (κ3) is 3.97. The maximum absolute atomic E-state index is 11.8. The fourth-order valence-electron chi connectivity index (χ4n) is 1.64. The molecule has 0 atom stereocenters. The maximum atomic E-state index is 11.8. The Balaban J connectivity index is 2.03. The van der Waals surface area contributed by atoms with E-state index in [1.54, 1.807) is 0 Å². The largest absolute Gasteiger partial charge is 0.271 e. The van der Waals surface area contributed by atoms with Crippen LogP contribution in [0.5, 0.6) is 0 Å². The Bertz CT molecular complexity index is 694. The predicted molar refractivity (Wildman–Crippen MR) is 79.3 cm³/mol. The molecule has 2 aromatic carbocycles. The van der Waals surface area contributed by atoms with Crippen LogP contribution in [0, 0.1) is 17.0 Å². The summed E-state index contributed by atoms with van der Waals surface area (Å²) in [6.07, 6.45) is 1.51. The monoisotopic (exact) mass is 283 g/mol. The quantitative estimate of drug-likeness (QED) is 0.532. The fraction of sp³-hybridized carbons (Fsp3) is 0.0667. The van der Waals surface area contributed by atoms with Gasteiger partial charge in [0.25, 0.3) is 11.6 Å². The molecular weight excluding hydrogens is 270 g/mol. The molecule has 106 valence electrons. The first-order chi connectivity index (χ1) is 10.1. The van der Waals surface area contributed by atoms with Crippen molar-refractivity contribution in [2.75, 3.05) is 0 Å². The lowest BCUT2D eigenvalue weighted by Crippen LogP contribution is -2.17. The number of rotatable bonds is 4. The molecule has 0 spiro atoms.